The maximum absolute atomic E-state index is 13.7. The molecule has 6 heteroatoms. The lowest BCUT2D eigenvalue weighted by Crippen LogP contribution is -2.35. The number of nitrogens with zero attached hydrogens (tertiary/aromatic N) is 2. The molecular weight excluding hydrogens is 510 g/mol. The van der Waals surface area contributed by atoms with Gasteiger partial charge in [-0.15, -0.1) is 0 Å². The van der Waals surface area contributed by atoms with Crippen LogP contribution in [0.5, 0.6) is 0 Å². The van der Waals surface area contributed by atoms with Gasteiger partial charge < -0.3 is 15.0 Å². The maximum Gasteiger partial charge on any atom is 0.256 e. The highest BCUT2D eigenvalue weighted by molar-refractivity contribution is 5.83. The molecule has 1 aromatic heterocycles. The predicted molar refractivity (Wildman–Crippen MR) is 161 cm³/mol. The van der Waals surface area contributed by atoms with Crippen molar-refractivity contribution in [3.05, 3.63) is 123 Å². The van der Waals surface area contributed by atoms with Crippen molar-refractivity contribution >= 4 is 5.91 Å². The smallest absolute Gasteiger partial charge is 0.256 e. The van der Waals surface area contributed by atoms with Gasteiger partial charge in [-0.1, -0.05) is 93.6 Å². The van der Waals surface area contributed by atoms with Crippen LogP contribution in [0.3, 0.4) is 0 Å². The normalized spacial score (nSPS) is 16.9. The number of fused-ring (bicyclic) bond motifs is 1. The van der Waals surface area contributed by atoms with Crippen molar-refractivity contribution in [1.82, 2.24) is 14.9 Å². The molecular formula is C35H37N3O3. The maximum atomic E-state index is 13.7. The second-order valence-electron chi connectivity index (χ2n) is 12.5. The van der Waals surface area contributed by atoms with Crippen LogP contribution in [0.1, 0.15) is 79.9 Å². The lowest BCUT2D eigenvalue weighted by molar-refractivity contribution is -0.141. The Hall–Kier alpha value is -4.03. The zero-order chi connectivity index (χ0) is 28.8. The third-order valence-corrected chi connectivity index (χ3v) is 8.64. The van der Waals surface area contributed by atoms with Crippen molar-refractivity contribution in [3.8, 4) is 11.1 Å². The van der Waals surface area contributed by atoms with Crippen LogP contribution in [0.15, 0.2) is 83.7 Å². The first-order chi connectivity index (χ1) is 19.7. The number of benzene rings is 3. The molecule has 2 aliphatic rings. The standard InChI is InChI=1S/C35H37N3O3/c1-34(2,3)27-15-8-11-24(21-27)23-10-7-12-25(20-23)30(39)32(41)38-19-9-16-28-29(22-38)36-33(37-31(28)40)35(17-18-35)26-13-5-4-6-14-26/h4-8,10-15,20-21,30,39H,9,16-19,22H2,1-3H3,(H,36,37,40). The summed E-state index contributed by atoms with van der Waals surface area (Å²) in [6.07, 6.45) is 1.74. The highest BCUT2D eigenvalue weighted by atomic mass is 16.3. The average Bonchev–Trinajstić information content (AvgIpc) is 3.81. The Labute approximate surface area is 241 Å². The minimum atomic E-state index is -1.30. The molecule has 0 bridgehead atoms. The number of H-pyrrole nitrogens is 1. The number of hydrogen-bond acceptors (Lipinski definition) is 4. The predicted octanol–water partition coefficient (Wildman–Crippen LogP) is 5.82. The van der Waals surface area contributed by atoms with Crippen molar-refractivity contribution in [2.45, 2.75) is 69.9 Å². The molecule has 1 saturated carbocycles. The lowest BCUT2D eigenvalue weighted by atomic mass is 9.85. The van der Waals surface area contributed by atoms with E-state index in [1.807, 2.05) is 42.5 Å². The summed E-state index contributed by atoms with van der Waals surface area (Å²) in [5.74, 6) is 0.304. The number of carbonyl (C=O) groups is 1. The van der Waals surface area contributed by atoms with Crippen LogP contribution in [0, 0.1) is 0 Å². The van der Waals surface area contributed by atoms with E-state index in [0.29, 0.717) is 42.0 Å². The Balaban J connectivity index is 1.26. The molecule has 4 aromatic rings. The van der Waals surface area contributed by atoms with E-state index in [9.17, 15) is 14.7 Å². The average molecular weight is 548 g/mol. The number of hydrogen-bond donors (Lipinski definition) is 2. The first-order valence-corrected chi connectivity index (χ1v) is 14.5. The van der Waals surface area contributed by atoms with Crippen molar-refractivity contribution in [1.29, 1.82) is 0 Å². The summed E-state index contributed by atoms with van der Waals surface area (Å²) in [6, 6.07) is 26.1. The number of aromatic amines is 1. The summed E-state index contributed by atoms with van der Waals surface area (Å²) in [5, 5.41) is 11.3. The van der Waals surface area contributed by atoms with E-state index >= 15 is 0 Å². The highest BCUT2D eigenvalue weighted by Gasteiger charge is 2.48. The molecule has 210 valence electrons. The fourth-order valence-corrected chi connectivity index (χ4v) is 5.97. The Morgan fingerprint density at radius 1 is 0.976 bits per heavy atom. The van der Waals surface area contributed by atoms with E-state index in [1.54, 1.807) is 11.0 Å². The van der Waals surface area contributed by atoms with Gasteiger partial charge in [0.2, 0.25) is 0 Å². The van der Waals surface area contributed by atoms with Crippen LogP contribution in [0.4, 0.5) is 0 Å². The van der Waals surface area contributed by atoms with Gasteiger partial charge in [-0.25, -0.2) is 4.98 Å². The lowest BCUT2D eigenvalue weighted by Gasteiger charge is -2.24. The van der Waals surface area contributed by atoms with Crippen molar-refractivity contribution in [2.75, 3.05) is 6.54 Å². The molecule has 2 heterocycles. The third-order valence-electron chi connectivity index (χ3n) is 8.64. The summed E-state index contributed by atoms with van der Waals surface area (Å²) in [5.41, 5.74) is 5.82. The summed E-state index contributed by atoms with van der Waals surface area (Å²) >= 11 is 0. The van der Waals surface area contributed by atoms with Gasteiger partial charge in [-0.05, 0) is 65.0 Å². The number of carbonyl (C=O) groups excluding carboxylic acids is 1. The van der Waals surface area contributed by atoms with Gasteiger partial charge in [-0.2, -0.15) is 0 Å². The van der Waals surface area contributed by atoms with Crippen LogP contribution in [-0.2, 0) is 28.6 Å². The quantitative estimate of drug-likeness (QED) is 0.330. The fraction of sp³-hybridized carbons (Fsp3) is 0.343. The molecule has 3 aromatic carbocycles. The molecule has 0 saturated heterocycles. The minimum Gasteiger partial charge on any atom is -0.378 e. The summed E-state index contributed by atoms with van der Waals surface area (Å²) in [7, 11) is 0. The van der Waals surface area contributed by atoms with Crippen LogP contribution in [0.2, 0.25) is 0 Å². The Kier molecular flexibility index (Phi) is 6.90. The van der Waals surface area contributed by atoms with E-state index in [-0.39, 0.29) is 28.8 Å². The summed E-state index contributed by atoms with van der Waals surface area (Å²) in [4.78, 5) is 36.5. The number of aliphatic hydroxyl groups excluding tert-OH is 1. The zero-order valence-corrected chi connectivity index (χ0v) is 24.0. The van der Waals surface area contributed by atoms with Gasteiger partial charge in [0.25, 0.3) is 11.5 Å². The Morgan fingerprint density at radius 2 is 1.68 bits per heavy atom. The van der Waals surface area contributed by atoms with Gasteiger partial charge in [-0.3, -0.25) is 9.59 Å². The molecule has 0 spiro atoms. The topological polar surface area (TPSA) is 86.3 Å². The monoisotopic (exact) mass is 547 g/mol. The molecule has 6 nitrogen and oxygen atoms in total. The fourth-order valence-electron chi connectivity index (χ4n) is 5.97. The molecule has 41 heavy (non-hydrogen) atoms. The summed E-state index contributed by atoms with van der Waals surface area (Å²) < 4.78 is 0. The van der Waals surface area contributed by atoms with E-state index in [4.69, 9.17) is 4.98 Å². The van der Waals surface area contributed by atoms with Crippen molar-refractivity contribution < 1.29 is 9.90 Å². The largest absolute Gasteiger partial charge is 0.378 e. The van der Waals surface area contributed by atoms with Gasteiger partial charge in [0, 0.05) is 12.1 Å². The highest BCUT2D eigenvalue weighted by Crippen LogP contribution is 2.52. The second-order valence-corrected chi connectivity index (χ2v) is 12.5. The van der Waals surface area contributed by atoms with Crippen LogP contribution < -0.4 is 5.56 Å². The first-order valence-electron chi connectivity index (χ1n) is 14.5. The van der Waals surface area contributed by atoms with Gasteiger partial charge in [0.1, 0.15) is 5.82 Å². The molecule has 1 unspecified atom stereocenters. The van der Waals surface area contributed by atoms with E-state index in [0.717, 1.165) is 29.5 Å². The van der Waals surface area contributed by atoms with Gasteiger partial charge in [0.05, 0.1) is 17.7 Å². The molecule has 1 aliphatic carbocycles. The van der Waals surface area contributed by atoms with Crippen molar-refractivity contribution in [2.24, 2.45) is 0 Å². The zero-order valence-electron chi connectivity index (χ0n) is 24.0. The number of nitrogens with one attached hydrogen (secondary N) is 1. The SMILES string of the molecule is CC(C)(C)c1cccc(-c2cccc(C(O)C(=O)N3CCCc4c(nc(C5(c6ccccc6)CC5)[nH]c4=O)C3)c2)c1. The Bertz CT molecular complexity index is 1650. The van der Waals surface area contributed by atoms with Crippen molar-refractivity contribution in [3.63, 3.8) is 0 Å². The number of rotatable bonds is 5. The molecule has 0 radical (unpaired) electrons. The minimum absolute atomic E-state index is 0.0159. The van der Waals surface area contributed by atoms with Gasteiger partial charge >= 0.3 is 0 Å². The summed E-state index contributed by atoms with van der Waals surface area (Å²) in [6.45, 7) is 7.21. The Morgan fingerprint density at radius 3 is 2.39 bits per heavy atom. The van der Waals surface area contributed by atoms with E-state index in [1.165, 1.54) is 5.56 Å². The molecule has 1 amide bonds. The third kappa shape index (κ3) is 5.24. The molecule has 2 N–H and O–H groups in total. The molecule has 6 rings (SSSR count). The first kappa shape index (κ1) is 27.2. The molecule has 1 atom stereocenters. The molecule has 1 fully saturated rings. The second kappa shape index (κ2) is 10.4. The van der Waals surface area contributed by atoms with Crippen LogP contribution in [0.25, 0.3) is 11.1 Å². The van der Waals surface area contributed by atoms with Crippen LogP contribution >= 0.6 is 0 Å². The van der Waals surface area contributed by atoms with E-state index < -0.39 is 6.10 Å². The van der Waals surface area contributed by atoms with Gasteiger partial charge in [0.15, 0.2) is 6.10 Å². The number of aromatic nitrogens is 2. The number of amides is 1. The molecule has 1 aliphatic heterocycles. The van der Waals surface area contributed by atoms with E-state index in [2.05, 4.69) is 56.1 Å². The van der Waals surface area contributed by atoms with Crippen LogP contribution in [-0.4, -0.2) is 32.4 Å². The number of aliphatic hydroxyl groups is 1.